The Morgan fingerprint density at radius 2 is 1.48 bits per heavy atom. The standard InChI is InChI=1S/C22H37N/c1-2-3-4-5-6-7-17-8-12-21-19(14-17)10-11-20-15-18(16-23)9-13-22(20)21/h17-22H,2-15H2,1H3. The first-order chi connectivity index (χ1) is 11.3. The second-order valence-corrected chi connectivity index (χ2v) is 8.95. The van der Waals surface area contributed by atoms with Crippen LogP contribution in [0, 0.1) is 46.8 Å². The van der Waals surface area contributed by atoms with E-state index in [4.69, 9.17) is 0 Å². The van der Waals surface area contributed by atoms with E-state index in [1.807, 2.05) is 0 Å². The van der Waals surface area contributed by atoms with Crippen molar-refractivity contribution in [2.75, 3.05) is 0 Å². The summed E-state index contributed by atoms with van der Waals surface area (Å²) in [5.41, 5.74) is 0. The number of rotatable bonds is 6. The number of unbranched alkanes of at least 4 members (excludes halogenated alkanes) is 4. The summed E-state index contributed by atoms with van der Waals surface area (Å²) >= 11 is 0. The van der Waals surface area contributed by atoms with Crippen LogP contribution in [0.2, 0.25) is 0 Å². The molecule has 0 spiro atoms. The lowest BCUT2D eigenvalue weighted by Crippen LogP contribution is -2.41. The van der Waals surface area contributed by atoms with Crippen molar-refractivity contribution < 1.29 is 0 Å². The molecule has 1 heteroatoms. The molecule has 3 aliphatic carbocycles. The third-order valence-corrected chi connectivity index (χ3v) is 7.55. The van der Waals surface area contributed by atoms with Gasteiger partial charge in [0.25, 0.3) is 0 Å². The maximum atomic E-state index is 9.23. The Morgan fingerprint density at radius 1 is 0.783 bits per heavy atom. The molecule has 3 rings (SSSR count). The SMILES string of the molecule is CCCCCCCC1CCC2C(CCC3CC(C#N)CCC32)C1. The second-order valence-electron chi connectivity index (χ2n) is 8.95. The van der Waals surface area contributed by atoms with Crippen LogP contribution in [0.15, 0.2) is 0 Å². The van der Waals surface area contributed by atoms with Gasteiger partial charge in [0.15, 0.2) is 0 Å². The van der Waals surface area contributed by atoms with E-state index in [0.29, 0.717) is 5.92 Å². The minimum atomic E-state index is 0.382. The van der Waals surface area contributed by atoms with Crippen molar-refractivity contribution in [3.05, 3.63) is 0 Å². The summed E-state index contributed by atoms with van der Waals surface area (Å²) in [7, 11) is 0. The first-order valence-corrected chi connectivity index (χ1v) is 10.7. The molecule has 0 saturated heterocycles. The lowest BCUT2D eigenvalue weighted by atomic mass is 9.55. The number of hydrogen-bond acceptors (Lipinski definition) is 1. The molecule has 0 heterocycles. The van der Waals surface area contributed by atoms with Crippen molar-refractivity contribution in [1.82, 2.24) is 0 Å². The normalized spacial score (nSPS) is 40.0. The maximum absolute atomic E-state index is 9.23. The zero-order valence-electron chi connectivity index (χ0n) is 15.3. The fourth-order valence-electron chi connectivity index (χ4n) is 6.31. The van der Waals surface area contributed by atoms with Crippen molar-refractivity contribution >= 4 is 0 Å². The smallest absolute Gasteiger partial charge is 0.0655 e. The van der Waals surface area contributed by atoms with Crippen LogP contribution < -0.4 is 0 Å². The Balaban J connectivity index is 1.44. The average Bonchev–Trinajstić information content (AvgIpc) is 2.60. The van der Waals surface area contributed by atoms with Gasteiger partial charge in [0.2, 0.25) is 0 Å². The molecule has 3 fully saturated rings. The minimum Gasteiger partial charge on any atom is -0.198 e. The van der Waals surface area contributed by atoms with Crippen LogP contribution in [-0.2, 0) is 0 Å². The maximum Gasteiger partial charge on any atom is 0.0655 e. The van der Waals surface area contributed by atoms with Crippen LogP contribution in [0.5, 0.6) is 0 Å². The first-order valence-electron chi connectivity index (χ1n) is 10.7. The van der Waals surface area contributed by atoms with Gasteiger partial charge in [-0.1, -0.05) is 51.9 Å². The topological polar surface area (TPSA) is 23.8 Å². The van der Waals surface area contributed by atoms with Crippen molar-refractivity contribution in [2.45, 2.75) is 96.8 Å². The summed E-state index contributed by atoms with van der Waals surface area (Å²) in [6, 6.07) is 2.55. The lowest BCUT2D eigenvalue weighted by molar-refractivity contribution is 0.00278. The molecule has 0 aromatic rings. The van der Waals surface area contributed by atoms with E-state index >= 15 is 0 Å². The zero-order chi connectivity index (χ0) is 16.1. The van der Waals surface area contributed by atoms with Gasteiger partial charge in [0.1, 0.15) is 0 Å². The number of hydrogen-bond donors (Lipinski definition) is 0. The van der Waals surface area contributed by atoms with Crippen LogP contribution in [0.1, 0.15) is 96.8 Å². The van der Waals surface area contributed by atoms with Gasteiger partial charge in [0, 0.05) is 5.92 Å². The van der Waals surface area contributed by atoms with Gasteiger partial charge in [-0.15, -0.1) is 0 Å². The van der Waals surface area contributed by atoms with Crippen LogP contribution in [0.3, 0.4) is 0 Å². The molecule has 0 N–H and O–H groups in total. The van der Waals surface area contributed by atoms with E-state index in [1.165, 1.54) is 83.5 Å². The van der Waals surface area contributed by atoms with E-state index in [9.17, 15) is 5.26 Å². The molecule has 130 valence electrons. The molecule has 0 amide bonds. The molecular weight excluding hydrogens is 278 g/mol. The number of nitrogens with zero attached hydrogens (tertiary/aromatic N) is 1. The number of nitriles is 1. The highest BCUT2D eigenvalue weighted by molar-refractivity contribution is 4.98. The quantitative estimate of drug-likeness (QED) is 0.498. The third kappa shape index (κ3) is 4.32. The van der Waals surface area contributed by atoms with Crippen molar-refractivity contribution in [3.63, 3.8) is 0 Å². The highest BCUT2D eigenvalue weighted by atomic mass is 14.5. The molecule has 0 aromatic carbocycles. The molecule has 3 saturated carbocycles. The molecule has 0 aliphatic heterocycles. The molecular formula is C22H37N. The Labute approximate surface area is 144 Å². The summed E-state index contributed by atoms with van der Waals surface area (Å²) in [5.74, 6) is 5.40. The third-order valence-electron chi connectivity index (χ3n) is 7.55. The molecule has 3 aliphatic rings. The van der Waals surface area contributed by atoms with Gasteiger partial charge in [-0.3, -0.25) is 0 Å². The van der Waals surface area contributed by atoms with Gasteiger partial charge in [-0.2, -0.15) is 5.26 Å². The highest BCUT2D eigenvalue weighted by Gasteiger charge is 2.44. The van der Waals surface area contributed by atoms with Crippen molar-refractivity contribution in [3.8, 4) is 6.07 Å². The molecule has 0 bridgehead atoms. The largest absolute Gasteiger partial charge is 0.198 e. The van der Waals surface area contributed by atoms with Crippen LogP contribution in [0.4, 0.5) is 0 Å². The van der Waals surface area contributed by atoms with E-state index in [2.05, 4.69) is 13.0 Å². The van der Waals surface area contributed by atoms with Gasteiger partial charge in [-0.25, -0.2) is 0 Å². The van der Waals surface area contributed by atoms with E-state index in [1.54, 1.807) is 6.42 Å². The van der Waals surface area contributed by atoms with E-state index in [-0.39, 0.29) is 0 Å². The van der Waals surface area contributed by atoms with Crippen molar-refractivity contribution in [1.29, 1.82) is 5.26 Å². The Hall–Kier alpha value is -0.510. The van der Waals surface area contributed by atoms with Gasteiger partial charge < -0.3 is 0 Å². The molecule has 1 nitrogen and oxygen atoms in total. The summed E-state index contributed by atoms with van der Waals surface area (Å²) in [6.07, 6.45) is 20.0. The molecule has 23 heavy (non-hydrogen) atoms. The minimum absolute atomic E-state index is 0.382. The summed E-state index contributed by atoms with van der Waals surface area (Å²) in [4.78, 5) is 0. The van der Waals surface area contributed by atoms with E-state index < -0.39 is 0 Å². The average molecular weight is 316 g/mol. The molecule has 0 aromatic heterocycles. The van der Waals surface area contributed by atoms with Gasteiger partial charge in [0.05, 0.1) is 6.07 Å². The fraction of sp³-hybridized carbons (Fsp3) is 0.955. The van der Waals surface area contributed by atoms with E-state index in [0.717, 1.165) is 29.6 Å². The molecule has 6 atom stereocenters. The number of fused-ring (bicyclic) bond motifs is 3. The summed E-state index contributed by atoms with van der Waals surface area (Å²) < 4.78 is 0. The first kappa shape index (κ1) is 17.3. The summed E-state index contributed by atoms with van der Waals surface area (Å²) in [6.45, 7) is 2.31. The van der Waals surface area contributed by atoms with Gasteiger partial charge in [-0.05, 0) is 74.5 Å². The summed E-state index contributed by atoms with van der Waals surface area (Å²) in [5, 5.41) is 9.23. The fourth-order valence-corrected chi connectivity index (χ4v) is 6.31. The Kier molecular flexibility index (Phi) is 6.44. The molecule has 6 unspecified atom stereocenters. The lowest BCUT2D eigenvalue weighted by Gasteiger charge is -2.50. The van der Waals surface area contributed by atoms with Crippen LogP contribution in [0.25, 0.3) is 0 Å². The molecule has 0 radical (unpaired) electrons. The predicted molar refractivity (Wildman–Crippen MR) is 96.9 cm³/mol. The second kappa shape index (κ2) is 8.55. The monoisotopic (exact) mass is 315 g/mol. The zero-order valence-corrected chi connectivity index (χ0v) is 15.3. The Bertz CT molecular complexity index is 395. The highest BCUT2D eigenvalue weighted by Crippen LogP contribution is 2.53. The van der Waals surface area contributed by atoms with Crippen LogP contribution in [-0.4, -0.2) is 0 Å². The van der Waals surface area contributed by atoms with Gasteiger partial charge >= 0.3 is 0 Å². The van der Waals surface area contributed by atoms with Crippen molar-refractivity contribution in [2.24, 2.45) is 35.5 Å². The van der Waals surface area contributed by atoms with Crippen LogP contribution >= 0.6 is 0 Å². The Morgan fingerprint density at radius 3 is 2.22 bits per heavy atom. The predicted octanol–water partition coefficient (Wildman–Crippen LogP) is 6.73.